The smallest absolute Gasteiger partial charge is 0.225 e. The largest absolute Gasteiger partial charge is 0.350 e. The van der Waals surface area contributed by atoms with E-state index in [0.29, 0.717) is 46.5 Å². The second-order valence-corrected chi connectivity index (χ2v) is 8.12. The van der Waals surface area contributed by atoms with Crippen molar-refractivity contribution in [1.29, 1.82) is 0 Å². The van der Waals surface area contributed by atoms with Crippen LogP contribution >= 0.6 is 0 Å². The van der Waals surface area contributed by atoms with Gasteiger partial charge in [-0.2, -0.15) is 4.98 Å². The van der Waals surface area contributed by atoms with E-state index in [1.54, 1.807) is 12.3 Å². The van der Waals surface area contributed by atoms with Crippen LogP contribution in [0, 0.1) is 23.4 Å². The van der Waals surface area contributed by atoms with Crippen LogP contribution in [0.1, 0.15) is 18.4 Å². The third-order valence-corrected chi connectivity index (χ3v) is 5.78. The van der Waals surface area contributed by atoms with Gasteiger partial charge in [0.2, 0.25) is 5.95 Å². The Morgan fingerprint density at radius 3 is 2.76 bits per heavy atom. The van der Waals surface area contributed by atoms with E-state index in [1.807, 2.05) is 4.57 Å². The Bertz CT molecular complexity index is 1280. The van der Waals surface area contributed by atoms with Crippen molar-refractivity contribution < 1.29 is 13.2 Å². The van der Waals surface area contributed by atoms with E-state index in [2.05, 4.69) is 30.6 Å². The number of pyridine rings is 1. The molecule has 1 aromatic carbocycles. The molecule has 1 aliphatic heterocycles. The van der Waals surface area contributed by atoms with Crippen LogP contribution in [0.5, 0.6) is 0 Å². The van der Waals surface area contributed by atoms with Crippen molar-refractivity contribution >= 4 is 17.1 Å². The maximum atomic E-state index is 14.6. The Labute approximate surface area is 188 Å². The van der Waals surface area contributed by atoms with Gasteiger partial charge in [-0.15, -0.1) is 0 Å². The van der Waals surface area contributed by atoms with Crippen LogP contribution in [0.4, 0.5) is 19.1 Å². The van der Waals surface area contributed by atoms with Gasteiger partial charge in [-0.05, 0) is 55.6 Å². The number of aromatic nitrogens is 5. The molecule has 10 heteroatoms. The highest BCUT2D eigenvalue weighted by Crippen LogP contribution is 2.28. The molecule has 0 aliphatic carbocycles. The molecule has 1 aliphatic rings. The van der Waals surface area contributed by atoms with E-state index in [-0.39, 0.29) is 6.54 Å². The lowest BCUT2D eigenvalue weighted by Crippen LogP contribution is -2.32. The first kappa shape index (κ1) is 21.3. The van der Waals surface area contributed by atoms with Crippen molar-refractivity contribution in [3.05, 3.63) is 65.9 Å². The van der Waals surface area contributed by atoms with Gasteiger partial charge in [0.1, 0.15) is 11.3 Å². The Balaban J connectivity index is 1.50. The summed E-state index contributed by atoms with van der Waals surface area (Å²) >= 11 is 0. The lowest BCUT2D eigenvalue weighted by atomic mass is 9.99. The number of imidazole rings is 1. The van der Waals surface area contributed by atoms with Crippen molar-refractivity contribution in [2.75, 3.05) is 18.4 Å². The van der Waals surface area contributed by atoms with Crippen molar-refractivity contribution in [2.45, 2.75) is 25.9 Å². The minimum absolute atomic E-state index is 0.217. The van der Waals surface area contributed by atoms with Crippen LogP contribution < -0.4 is 10.6 Å². The zero-order valence-electron chi connectivity index (χ0n) is 17.7. The summed E-state index contributed by atoms with van der Waals surface area (Å²) in [5.41, 5.74) is 2.03. The van der Waals surface area contributed by atoms with Crippen LogP contribution in [0.25, 0.3) is 22.6 Å². The number of benzene rings is 1. The van der Waals surface area contributed by atoms with Crippen LogP contribution in [-0.2, 0) is 13.1 Å². The fraction of sp³-hybridized carbons (Fsp3) is 0.304. The monoisotopic (exact) mass is 453 g/mol. The number of halogens is 3. The van der Waals surface area contributed by atoms with E-state index in [0.717, 1.165) is 38.1 Å². The van der Waals surface area contributed by atoms with Gasteiger partial charge in [0.25, 0.3) is 0 Å². The highest BCUT2D eigenvalue weighted by atomic mass is 19.2. The molecule has 4 heterocycles. The number of nitrogens with one attached hydrogen (secondary N) is 2. The molecule has 0 bridgehead atoms. The number of hydrogen-bond donors (Lipinski definition) is 2. The second kappa shape index (κ2) is 9.14. The average Bonchev–Trinajstić information content (AvgIpc) is 3.18. The number of nitrogens with zero attached hydrogens (tertiary/aromatic N) is 5. The lowest BCUT2D eigenvalue weighted by Gasteiger charge is -2.24. The van der Waals surface area contributed by atoms with Crippen LogP contribution in [0.3, 0.4) is 0 Å². The molecule has 7 nitrogen and oxygen atoms in total. The predicted octanol–water partition coefficient (Wildman–Crippen LogP) is 3.92. The van der Waals surface area contributed by atoms with Crippen molar-refractivity contribution in [1.82, 2.24) is 29.8 Å². The lowest BCUT2D eigenvalue weighted by molar-refractivity contribution is 0.341. The Kier molecular flexibility index (Phi) is 5.91. The summed E-state index contributed by atoms with van der Waals surface area (Å²) in [6.45, 7) is 2.70. The topological polar surface area (TPSA) is 80.5 Å². The molecule has 0 amide bonds. The van der Waals surface area contributed by atoms with Crippen LogP contribution in [0.2, 0.25) is 0 Å². The molecule has 1 saturated heterocycles. The number of rotatable bonds is 6. The van der Waals surface area contributed by atoms with E-state index in [4.69, 9.17) is 0 Å². The first-order valence-corrected chi connectivity index (χ1v) is 10.8. The molecular formula is C23H22F3N7. The normalized spacial score (nSPS) is 16.3. The fourth-order valence-electron chi connectivity index (χ4n) is 4.11. The summed E-state index contributed by atoms with van der Waals surface area (Å²) in [6.07, 6.45) is 6.41. The average molecular weight is 453 g/mol. The van der Waals surface area contributed by atoms with E-state index < -0.39 is 17.5 Å². The molecule has 0 unspecified atom stereocenters. The summed E-state index contributed by atoms with van der Waals surface area (Å²) in [4.78, 5) is 17.4. The molecule has 0 spiro atoms. The standard InChI is InChI=1S/C23H22F3N7/c24-17-4-3-14(8-18(17)25)10-29-23-30-12-20-22(32-23)33(13-15-2-1-6-27-9-15)21(31-20)16-5-7-28-11-19(16)26/h3-5,7-8,11-12,15,27H,1-2,6,9-10,13H2,(H,29,30,32)/t15-/m1/s1. The van der Waals surface area contributed by atoms with Gasteiger partial charge in [-0.3, -0.25) is 4.98 Å². The van der Waals surface area contributed by atoms with Gasteiger partial charge in [0.15, 0.2) is 23.1 Å². The van der Waals surface area contributed by atoms with Crippen LogP contribution in [0.15, 0.2) is 42.9 Å². The summed E-state index contributed by atoms with van der Waals surface area (Å²) < 4.78 is 43.2. The molecule has 3 aromatic heterocycles. The van der Waals surface area contributed by atoms with Gasteiger partial charge in [-0.1, -0.05) is 6.07 Å². The summed E-state index contributed by atoms with van der Waals surface area (Å²) in [5, 5.41) is 6.45. The SMILES string of the molecule is Fc1ccc(CNc2ncc3nc(-c4ccncc4F)n(C[C@@H]4CCCNC4)c3n2)cc1F. The molecule has 2 N–H and O–H groups in total. The molecule has 33 heavy (non-hydrogen) atoms. The molecule has 0 saturated carbocycles. The Morgan fingerprint density at radius 2 is 1.97 bits per heavy atom. The summed E-state index contributed by atoms with van der Waals surface area (Å²) in [7, 11) is 0. The Hall–Kier alpha value is -3.53. The van der Waals surface area contributed by atoms with Crippen molar-refractivity contribution in [3.8, 4) is 11.4 Å². The zero-order chi connectivity index (χ0) is 22.8. The molecule has 4 aromatic rings. The van der Waals surface area contributed by atoms with E-state index in [9.17, 15) is 13.2 Å². The number of piperidine rings is 1. The van der Waals surface area contributed by atoms with Gasteiger partial charge in [0, 0.05) is 19.3 Å². The van der Waals surface area contributed by atoms with Crippen molar-refractivity contribution in [2.24, 2.45) is 5.92 Å². The molecule has 170 valence electrons. The molecule has 5 rings (SSSR count). The molecular weight excluding hydrogens is 431 g/mol. The molecule has 1 fully saturated rings. The van der Waals surface area contributed by atoms with Crippen molar-refractivity contribution in [3.63, 3.8) is 0 Å². The van der Waals surface area contributed by atoms with Crippen LogP contribution in [-0.4, -0.2) is 37.6 Å². The second-order valence-electron chi connectivity index (χ2n) is 8.12. The minimum atomic E-state index is -0.908. The highest BCUT2D eigenvalue weighted by molar-refractivity contribution is 5.77. The maximum absolute atomic E-state index is 14.6. The van der Waals surface area contributed by atoms with Gasteiger partial charge < -0.3 is 15.2 Å². The minimum Gasteiger partial charge on any atom is -0.350 e. The first-order valence-electron chi connectivity index (χ1n) is 10.8. The number of anilines is 1. The number of fused-ring (bicyclic) bond motifs is 1. The predicted molar refractivity (Wildman–Crippen MR) is 118 cm³/mol. The Morgan fingerprint density at radius 1 is 1.06 bits per heavy atom. The van der Waals surface area contributed by atoms with E-state index >= 15 is 0 Å². The van der Waals surface area contributed by atoms with Gasteiger partial charge in [0.05, 0.1) is 18.0 Å². The van der Waals surface area contributed by atoms with Gasteiger partial charge >= 0.3 is 0 Å². The fourth-order valence-corrected chi connectivity index (χ4v) is 4.11. The highest BCUT2D eigenvalue weighted by Gasteiger charge is 2.22. The number of hydrogen-bond acceptors (Lipinski definition) is 6. The summed E-state index contributed by atoms with van der Waals surface area (Å²) in [5.74, 6) is -1.12. The first-order chi connectivity index (χ1) is 16.1. The molecule has 0 radical (unpaired) electrons. The zero-order valence-corrected chi connectivity index (χ0v) is 17.7. The molecule has 1 atom stereocenters. The van der Waals surface area contributed by atoms with Gasteiger partial charge in [-0.25, -0.2) is 23.1 Å². The maximum Gasteiger partial charge on any atom is 0.225 e. The third kappa shape index (κ3) is 4.51. The van der Waals surface area contributed by atoms with E-state index in [1.165, 1.54) is 18.5 Å². The third-order valence-electron chi connectivity index (χ3n) is 5.78. The summed E-state index contributed by atoms with van der Waals surface area (Å²) in [6, 6.07) is 5.31. The quantitative estimate of drug-likeness (QED) is 0.461.